The van der Waals surface area contributed by atoms with Gasteiger partial charge in [0.15, 0.2) is 0 Å². The first-order chi connectivity index (χ1) is 13.9. The number of hydrogen-bond acceptors (Lipinski definition) is 5. The Morgan fingerprint density at radius 2 is 1.79 bits per heavy atom. The highest BCUT2D eigenvalue weighted by Gasteiger charge is 2.36. The molecular weight excluding hydrogens is 417 g/mol. The van der Waals surface area contributed by atoms with E-state index in [2.05, 4.69) is 5.32 Å². The molecule has 2 aromatic carbocycles. The van der Waals surface area contributed by atoms with E-state index in [1.165, 1.54) is 4.67 Å². The summed E-state index contributed by atoms with van der Waals surface area (Å²) in [4.78, 5) is 23.9. The van der Waals surface area contributed by atoms with E-state index in [4.69, 9.17) is 21.3 Å². The Morgan fingerprint density at radius 3 is 2.45 bits per heavy atom. The molecule has 1 aliphatic rings. The summed E-state index contributed by atoms with van der Waals surface area (Å²) in [7, 11) is -3.47. The summed E-state index contributed by atoms with van der Waals surface area (Å²) >= 11 is 5.83. The minimum Gasteiger partial charge on any atom is -0.322 e. The van der Waals surface area contributed by atoms with Crippen molar-refractivity contribution < 1.29 is 23.9 Å². The number of nitrogens with one attached hydrogen (secondary N) is 2. The average molecular weight is 438 g/mol. The smallest absolute Gasteiger partial charge is 0.302 e. The van der Waals surface area contributed by atoms with E-state index in [1.54, 1.807) is 54.0 Å². The molecule has 1 atom stereocenters. The number of carbonyl (C=O) groups is 2. The molecule has 3 N–H and O–H groups in total. The van der Waals surface area contributed by atoms with E-state index in [-0.39, 0.29) is 12.5 Å². The van der Waals surface area contributed by atoms with Crippen LogP contribution in [0.2, 0.25) is 5.02 Å². The Labute approximate surface area is 173 Å². The SMILES string of the molecule is O=C(CN1CCCCOP1(=O)c1ccc(NC(=O)c2ccc(Cl)cc2)cc1)NO. The van der Waals surface area contributed by atoms with Crippen molar-refractivity contribution in [1.29, 1.82) is 0 Å². The third-order valence-electron chi connectivity index (χ3n) is 4.46. The molecule has 3 rings (SSSR count). The molecule has 1 fully saturated rings. The molecule has 0 aliphatic carbocycles. The van der Waals surface area contributed by atoms with Crippen molar-refractivity contribution in [2.45, 2.75) is 12.8 Å². The number of nitrogens with zero attached hydrogens (tertiary/aromatic N) is 1. The van der Waals surface area contributed by atoms with Crippen molar-refractivity contribution in [3.63, 3.8) is 0 Å². The zero-order valence-electron chi connectivity index (χ0n) is 15.5. The third-order valence-corrected chi connectivity index (χ3v) is 7.28. The summed E-state index contributed by atoms with van der Waals surface area (Å²) in [5.41, 5.74) is 2.54. The lowest BCUT2D eigenvalue weighted by atomic mass is 10.2. The number of hydrogen-bond donors (Lipinski definition) is 3. The van der Waals surface area contributed by atoms with Gasteiger partial charge in [-0.3, -0.25) is 19.4 Å². The van der Waals surface area contributed by atoms with Gasteiger partial charge in [-0.05, 0) is 61.4 Å². The Hall–Kier alpha value is -2.22. The van der Waals surface area contributed by atoms with Crippen LogP contribution in [0, 0.1) is 0 Å². The maximum Gasteiger partial charge on any atom is 0.302 e. The number of hydroxylamine groups is 1. The average Bonchev–Trinajstić information content (AvgIpc) is 2.91. The minimum atomic E-state index is -3.47. The predicted molar refractivity (Wildman–Crippen MR) is 110 cm³/mol. The minimum absolute atomic E-state index is 0.247. The largest absolute Gasteiger partial charge is 0.322 e. The molecule has 29 heavy (non-hydrogen) atoms. The molecule has 0 saturated carbocycles. The summed E-state index contributed by atoms with van der Waals surface area (Å²) < 4.78 is 20.7. The van der Waals surface area contributed by atoms with Gasteiger partial charge in [-0.25, -0.2) is 10.2 Å². The molecule has 1 unspecified atom stereocenters. The predicted octanol–water partition coefficient (Wildman–Crippen LogP) is 3.03. The topological polar surface area (TPSA) is 108 Å². The zero-order valence-corrected chi connectivity index (χ0v) is 17.2. The molecule has 2 amide bonds. The van der Waals surface area contributed by atoms with Gasteiger partial charge >= 0.3 is 7.52 Å². The first-order valence-corrected chi connectivity index (χ1v) is 11.0. The molecule has 154 valence electrons. The highest BCUT2D eigenvalue weighted by molar-refractivity contribution is 7.64. The van der Waals surface area contributed by atoms with Gasteiger partial charge < -0.3 is 9.84 Å². The zero-order chi connectivity index (χ0) is 20.9. The molecule has 8 nitrogen and oxygen atoms in total. The monoisotopic (exact) mass is 437 g/mol. The maximum atomic E-state index is 13.6. The fourth-order valence-corrected chi connectivity index (χ4v) is 5.33. The van der Waals surface area contributed by atoms with Crippen LogP contribution in [0.3, 0.4) is 0 Å². The van der Waals surface area contributed by atoms with Gasteiger partial charge in [-0.1, -0.05) is 11.6 Å². The summed E-state index contributed by atoms with van der Waals surface area (Å²) in [6.07, 6.45) is 1.44. The van der Waals surface area contributed by atoms with Crippen molar-refractivity contribution in [1.82, 2.24) is 10.2 Å². The number of amides is 2. The number of benzene rings is 2. The van der Waals surface area contributed by atoms with E-state index < -0.39 is 13.4 Å². The summed E-state index contributed by atoms with van der Waals surface area (Å²) in [5.74, 6) is -0.962. The van der Waals surface area contributed by atoms with Gasteiger partial charge in [0.05, 0.1) is 18.5 Å². The molecule has 0 radical (unpaired) electrons. The highest BCUT2D eigenvalue weighted by Crippen LogP contribution is 2.51. The van der Waals surface area contributed by atoms with Crippen LogP contribution < -0.4 is 16.1 Å². The van der Waals surface area contributed by atoms with Crippen molar-refractivity contribution in [2.24, 2.45) is 0 Å². The summed E-state index contributed by atoms with van der Waals surface area (Å²) in [6, 6.07) is 13.0. The van der Waals surface area contributed by atoms with Crippen LogP contribution in [0.15, 0.2) is 48.5 Å². The molecule has 1 saturated heterocycles. The third kappa shape index (κ3) is 5.23. The van der Waals surface area contributed by atoms with Crippen molar-refractivity contribution in [3.05, 3.63) is 59.1 Å². The summed E-state index contributed by atoms with van der Waals surface area (Å²) in [5, 5.41) is 12.5. The maximum absolute atomic E-state index is 13.6. The number of anilines is 1. The summed E-state index contributed by atoms with van der Waals surface area (Å²) in [6.45, 7) is 0.464. The van der Waals surface area contributed by atoms with Gasteiger partial charge in [0.2, 0.25) is 0 Å². The second-order valence-electron chi connectivity index (χ2n) is 6.49. The number of halogens is 1. The van der Waals surface area contributed by atoms with Crippen molar-refractivity contribution in [2.75, 3.05) is 25.0 Å². The van der Waals surface area contributed by atoms with Crippen molar-refractivity contribution in [3.8, 4) is 0 Å². The second kappa shape index (κ2) is 9.52. The molecule has 1 aliphatic heterocycles. The van der Waals surface area contributed by atoms with Crippen LogP contribution in [0.4, 0.5) is 5.69 Å². The Morgan fingerprint density at radius 1 is 1.10 bits per heavy atom. The standard InChI is InChI=1S/C19H21ClN3O5P/c20-15-5-3-14(4-6-15)19(25)21-16-7-9-17(10-8-16)29(27)23(13-18(24)22-26)11-1-2-12-28-29/h3-10,26H,1-2,11-13H2,(H,21,25)(H,22,24). The van der Waals surface area contributed by atoms with Crippen LogP contribution in [0.1, 0.15) is 23.2 Å². The highest BCUT2D eigenvalue weighted by atomic mass is 35.5. The lowest BCUT2D eigenvalue weighted by molar-refractivity contribution is -0.129. The van der Waals surface area contributed by atoms with Crippen LogP contribution in [-0.4, -0.2) is 41.4 Å². The molecule has 2 aromatic rings. The lowest BCUT2D eigenvalue weighted by Gasteiger charge is -2.28. The van der Waals surface area contributed by atoms with E-state index in [1.807, 2.05) is 0 Å². The van der Waals surface area contributed by atoms with Crippen LogP contribution in [0.25, 0.3) is 0 Å². The Kier molecular flexibility index (Phi) is 7.05. The Balaban J connectivity index is 1.77. The number of rotatable bonds is 5. The molecule has 0 aromatic heterocycles. The van der Waals surface area contributed by atoms with Gasteiger partial charge in [-0.15, -0.1) is 0 Å². The van der Waals surface area contributed by atoms with Gasteiger partial charge in [0.25, 0.3) is 11.8 Å². The van der Waals surface area contributed by atoms with E-state index >= 15 is 0 Å². The molecular formula is C19H21ClN3O5P. The normalized spacial score (nSPS) is 19.9. The van der Waals surface area contributed by atoms with Gasteiger partial charge in [-0.2, -0.15) is 0 Å². The lowest BCUT2D eigenvalue weighted by Crippen LogP contribution is -2.36. The van der Waals surface area contributed by atoms with Gasteiger partial charge in [0.1, 0.15) is 0 Å². The molecule has 0 spiro atoms. The van der Waals surface area contributed by atoms with Crippen LogP contribution in [-0.2, 0) is 13.9 Å². The quantitative estimate of drug-likeness (QED) is 0.377. The van der Waals surface area contributed by atoms with E-state index in [0.29, 0.717) is 34.7 Å². The van der Waals surface area contributed by atoms with Crippen LogP contribution >= 0.6 is 19.1 Å². The first kappa shape index (κ1) is 21.5. The Bertz CT molecular complexity index is 920. The van der Waals surface area contributed by atoms with Crippen molar-refractivity contribution >= 4 is 41.9 Å². The van der Waals surface area contributed by atoms with E-state index in [0.717, 1.165) is 12.8 Å². The van der Waals surface area contributed by atoms with Gasteiger partial charge in [0, 0.05) is 22.8 Å². The fourth-order valence-electron chi connectivity index (χ4n) is 2.95. The van der Waals surface area contributed by atoms with E-state index in [9.17, 15) is 14.2 Å². The molecule has 10 heteroatoms. The molecule has 0 bridgehead atoms. The second-order valence-corrected chi connectivity index (χ2v) is 9.31. The fraction of sp³-hybridized carbons (Fsp3) is 0.263. The first-order valence-electron chi connectivity index (χ1n) is 9.03. The molecule has 1 heterocycles. The van der Waals surface area contributed by atoms with Crippen LogP contribution in [0.5, 0.6) is 0 Å². The number of carbonyl (C=O) groups excluding carboxylic acids is 2.